The molecule has 0 atom stereocenters. The molecule has 2 aromatic heterocycles. The maximum Gasteiger partial charge on any atom is 0.257 e. The van der Waals surface area contributed by atoms with Crippen LogP contribution in [0, 0.1) is 6.92 Å². The lowest BCUT2D eigenvalue weighted by molar-refractivity contribution is 0.0946. The molecule has 1 aliphatic heterocycles. The van der Waals surface area contributed by atoms with E-state index in [9.17, 15) is 9.59 Å². The number of carbonyl (C=O) groups excluding carboxylic acids is 1. The predicted octanol–water partition coefficient (Wildman–Crippen LogP) is 2.54. The monoisotopic (exact) mass is 408 g/mol. The molecule has 1 aliphatic rings. The quantitative estimate of drug-likeness (QED) is 0.626. The summed E-state index contributed by atoms with van der Waals surface area (Å²) < 4.78 is 12.9. The van der Waals surface area contributed by atoms with Gasteiger partial charge in [0.05, 0.1) is 6.54 Å². The van der Waals surface area contributed by atoms with Gasteiger partial charge in [0.1, 0.15) is 11.4 Å². The summed E-state index contributed by atoms with van der Waals surface area (Å²) in [6, 6.07) is 7.31. The molecule has 0 bridgehead atoms. The third-order valence-corrected chi connectivity index (χ3v) is 5.09. The molecule has 0 radical (unpaired) electrons. The Morgan fingerprint density at radius 1 is 1.27 bits per heavy atom. The molecule has 3 aromatic rings. The predicted molar refractivity (Wildman–Crippen MR) is 111 cm³/mol. The Kier molecular flexibility index (Phi) is 5.56. The van der Waals surface area contributed by atoms with Crippen molar-refractivity contribution >= 4 is 5.91 Å². The Labute approximate surface area is 173 Å². The molecular weight excluding hydrogens is 384 g/mol. The maximum atomic E-state index is 12.9. The van der Waals surface area contributed by atoms with Crippen molar-refractivity contribution in [3.63, 3.8) is 0 Å². The summed E-state index contributed by atoms with van der Waals surface area (Å²) in [5.74, 6) is 1.68. The van der Waals surface area contributed by atoms with Gasteiger partial charge in [-0.2, -0.15) is 0 Å². The molecule has 1 aromatic carbocycles. The number of carbonyl (C=O) groups is 1. The zero-order chi connectivity index (χ0) is 21.1. The van der Waals surface area contributed by atoms with Crippen LogP contribution in [0.2, 0.25) is 0 Å². The van der Waals surface area contributed by atoms with E-state index in [0.29, 0.717) is 24.5 Å². The number of aromatic amines is 1. The van der Waals surface area contributed by atoms with Crippen LogP contribution in [0.15, 0.2) is 41.5 Å². The van der Waals surface area contributed by atoms with Crippen molar-refractivity contribution in [2.45, 2.75) is 39.8 Å². The van der Waals surface area contributed by atoms with Crippen LogP contribution in [0.25, 0.3) is 0 Å². The van der Waals surface area contributed by atoms with Crippen molar-refractivity contribution in [3.8, 4) is 11.5 Å². The second-order valence-electron chi connectivity index (χ2n) is 7.21. The second kappa shape index (κ2) is 8.44. The van der Waals surface area contributed by atoms with Gasteiger partial charge in [-0.1, -0.05) is 19.4 Å². The molecule has 1 amide bonds. The first-order valence-corrected chi connectivity index (χ1v) is 9.95. The number of amides is 1. The van der Waals surface area contributed by atoms with E-state index in [1.54, 1.807) is 12.4 Å². The average Bonchev–Trinajstić information content (AvgIpc) is 3.40. The number of hydrogen-bond donors (Lipinski definition) is 2. The van der Waals surface area contributed by atoms with Gasteiger partial charge in [0, 0.05) is 36.4 Å². The largest absolute Gasteiger partial charge is 0.454 e. The highest BCUT2D eigenvalue weighted by atomic mass is 16.7. The van der Waals surface area contributed by atoms with Gasteiger partial charge in [0.25, 0.3) is 5.91 Å². The fraction of sp³-hybridized carbons (Fsp3) is 0.318. The molecule has 8 nitrogen and oxygen atoms in total. The van der Waals surface area contributed by atoms with Crippen LogP contribution in [-0.2, 0) is 19.5 Å². The van der Waals surface area contributed by atoms with Crippen LogP contribution in [0.5, 0.6) is 11.5 Å². The highest BCUT2D eigenvalue weighted by Gasteiger charge is 2.21. The second-order valence-corrected chi connectivity index (χ2v) is 7.21. The number of aryl methyl sites for hydroxylation is 1. The number of H-pyrrole nitrogens is 1. The number of nitrogens with one attached hydrogen (secondary N) is 2. The number of hydrogen-bond acceptors (Lipinski definition) is 5. The Balaban J connectivity index is 1.68. The van der Waals surface area contributed by atoms with Crippen molar-refractivity contribution in [1.29, 1.82) is 0 Å². The molecule has 0 saturated carbocycles. The number of pyridine rings is 1. The standard InChI is InChI=1S/C22H24N4O4/c1-3-4-16-21(22(28)25-11-20-23-7-8-24-20)17(27)9-14(2)26(16)12-15-5-6-18-19(10-15)30-13-29-18/h5-10H,3-4,11-13H2,1-2H3,(H,23,24)(H,25,28). The number of rotatable bonds is 7. The number of imidazole rings is 1. The van der Waals surface area contributed by atoms with Crippen LogP contribution in [0.4, 0.5) is 0 Å². The molecule has 0 unspecified atom stereocenters. The minimum Gasteiger partial charge on any atom is -0.454 e. The van der Waals surface area contributed by atoms with Crippen molar-refractivity contribution in [3.05, 3.63) is 75.2 Å². The zero-order valence-electron chi connectivity index (χ0n) is 17.0. The van der Waals surface area contributed by atoms with Gasteiger partial charge in [-0.15, -0.1) is 0 Å². The van der Waals surface area contributed by atoms with Crippen molar-refractivity contribution in [2.75, 3.05) is 6.79 Å². The summed E-state index contributed by atoms with van der Waals surface area (Å²) in [4.78, 5) is 32.7. The van der Waals surface area contributed by atoms with E-state index in [-0.39, 0.29) is 30.2 Å². The maximum absolute atomic E-state index is 12.9. The van der Waals surface area contributed by atoms with Crippen LogP contribution in [0.3, 0.4) is 0 Å². The van der Waals surface area contributed by atoms with E-state index in [1.165, 1.54) is 6.07 Å². The van der Waals surface area contributed by atoms with Crippen molar-refractivity contribution in [1.82, 2.24) is 19.9 Å². The summed E-state index contributed by atoms with van der Waals surface area (Å²) in [7, 11) is 0. The molecule has 0 saturated heterocycles. The highest BCUT2D eigenvalue weighted by Crippen LogP contribution is 2.33. The molecular formula is C22H24N4O4. The van der Waals surface area contributed by atoms with Crippen molar-refractivity contribution in [2.24, 2.45) is 0 Å². The van der Waals surface area contributed by atoms with E-state index >= 15 is 0 Å². The topological polar surface area (TPSA) is 98.2 Å². The molecule has 0 spiro atoms. The first-order chi connectivity index (χ1) is 14.6. The molecule has 8 heteroatoms. The van der Waals surface area contributed by atoms with Crippen LogP contribution in [0.1, 0.15) is 46.5 Å². The first kappa shape index (κ1) is 19.8. The first-order valence-electron chi connectivity index (χ1n) is 9.95. The smallest absolute Gasteiger partial charge is 0.257 e. The number of benzene rings is 1. The summed E-state index contributed by atoms with van der Waals surface area (Å²) in [6.07, 6.45) is 4.73. The number of aromatic nitrogens is 3. The van der Waals surface area contributed by atoms with Gasteiger partial charge in [-0.25, -0.2) is 4.98 Å². The van der Waals surface area contributed by atoms with Crippen molar-refractivity contribution < 1.29 is 14.3 Å². The van der Waals surface area contributed by atoms with Gasteiger partial charge in [0.2, 0.25) is 6.79 Å². The Morgan fingerprint density at radius 2 is 2.10 bits per heavy atom. The lowest BCUT2D eigenvalue weighted by atomic mass is 10.0. The van der Waals surface area contributed by atoms with Gasteiger partial charge in [0.15, 0.2) is 16.9 Å². The van der Waals surface area contributed by atoms with E-state index in [4.69, 9.17) is 9.47 Å². The Hall–Kier alpha value is -3.55. The Morgan fingerprint density at radius 3 is 2.87 bits per heavy atom. The molecule has 0 aliphatic carbocycles. The number of ether oxygens (including phenoxy) is 2. The minimum atomic E-state index is -0.390. The summed E-state index contributed by atoms with van der Waals surface area (Å²) in [6.45, 7) is 4.89. The summed E-state index contributed by atoms with van der Waals surface area (Å²) in [5.41, 5.74) is 2.47. The van der Waals surface area contributed by atoms with Gasteiger partial charge in [-0.05, 0) is 31.0 Å². The lowest BCUT2D eigenvalue weighted by Gasteiger charge is -2.20. The minimum absolute atomic E-state index is 0.190. The van der Waals surface area contributed by atoms with Crippen LogP contribution >= 0.6 is 0 Å². The van der Waals surface area contributed by atoms with Gasteiger partial charge in [-0.3, -0.25) is 9.59 Å². The fourth-order valence-corrected chi connectivity index (χ4v) is 3.66. The van der Waals surface area contributed by atoms with Crippen LogP contribution < -0.4 is 20.2 Å². The molecule has 3 heterocycles. The van der Waals surface area contributed by atoms with Gasteiger partial charge >= 0.3 is 0 Å². The third kappa shape index (κ3) is 3.94. The fourth-order valence-electron chi connectivity index (χ4n) is 3.66. The van der Waals surface area contributed by atoms with E-state index in [1.807, 2.05) is 36.6 Å². The highest BCUT2D eigenvalue weighted by molar-refractivity contribution is 5.95. The molecule has 0 fully saturated rings. The average molecular weight is 408 g/mol. The number of fused-ring (bicyclic) bond motifs is 1. The van der Waals surface area contributed by atoms with E-state index in [2.05, 4.69) is 15.3 Å². The molecule has 4 rings (SSSR count). The lowest BCUT2D eigenvalue weighted by Crippen LogP contribution is -2.33. The molecule has 30 heavy (non-hydrogen) atoms. The summed E-state index contributed by atoms with van der Waals surface area (Å²) in [5, 5.41) is 2.80. The number of nitrogens with zero attached hydrogens (tertiary/aromatic N) is 2. The Bertz CT molecular complexity index is 1120. The third-order valence-electron chi connectivity index (χ3n) is 5.09. The van der Waals surface area contributed by atoms with Gasteiger partial charge < -0.3 is 24.3 Å². The molecule has 156 valence electrons. The van der Waals surface area contributed by atoms with E-state index in [0.717, 1.165) is 29.1 Å². The molecule has 2 N–H and O–H groups in total. The zero-order valence-corrected chi connectivity index (χ0v) is 17.0. The normalized spacial score (nSPS) is 12.2. The van der Waals surface area contributed by atoms with Crippen LogP contribution in [-0.4, -0.2) is 27.2 Å². The SMILES string of the molecule is CCCc1c(C(=O)NCc2ncc[nH]2)c(=O)cc(C)n1Cc1ccc2c(c1)OCO2. The van der Waals surface area contributed by atoms with E-state index < -0.39 is 0 Å². The summed E-state index contributed by atoms with van der Waals surface area (Å²) >= 11 is 0.